The lowest BCUT2D eigenvalue weighted by atomic mass is 10.1. The Morgan fingerprint density at radius 3 is 2.61 bits per heavy atom. The molecule has 1 aromatic rings. The Hall–Kier alpha value is -0.710. The van der Waals surface area contributed by atoms with Crippen LogP contribution >= 0.6 is 24.8 Å². The summed E-state index contributed by atoms with van der Waals surface area (Å²) in [6.45, 7) is 4.60. The lowest BCUT2D eigenvalue weighted by Gasteiger charge is -2.31. The van der Waals surface area contributed by atoms with Crippen molar-refractivity contribution in [3.05, 3.63) is 18.2 Å². The van der Waals surface area contributed by atoms with Crippen LogP contribution in [0.2, 0.25) is 0 Å². The van der Waals surface area contributed by atoms with E-state index in [0.717, 1.165) is 31.7 Å². The quantitative estimate of drug-likeness (QED) is 0.929. The van der Waals surface area contributed by atoms with Gasteiger partial charge in [0.25, 0.3) is 0 Å². The van der Waals surface area contributed by atoms with Crippen LogP contribution in [0.5, 0.6) is 5.88 Å². The predicted octanol–water partition coefficient (Wildman–Crippen LogP) is 2.25. The summed E-state index contributed by atoms with van der Waals surface area (Å²) in [5.74, 6) is 1.70. The number of nitrogens with zero attached hydrogens (tertiary/aromatic N) is 2. The minimum atomic E-state index is 0. The molecule has 4 nitrogen and oxygen atoms in total. The maximum Gasteiger partial charge on any atom is 0.215 e. The Kier molecular flexibility index (Phi) is 8.07. The molecule has 0 bridgehead atoms. The molecule has 104 valence electrons. The Labute approximate surface area is 121 Å². The summed E-state index contributed by atoms with van der Waals surface area (Å²) in [5.41, 5.74) is 5.88. The van der Waals surface area contributed by atoms with Gasteiger partial charge in [-0.3, -0.25) is 0 Å². The standard InChI is InChI=1S/C12H19N3O.2ClH/c1-2-16-12-5-3-4-11(14-12)15-8-6-10(13)7-9-15;;/h3-5,10H,2,6-9,13H2,1H3;2*1H. The zero-order chi connectivity index (χ0) is 11.4. The molecule has 0 spiro atoms. The highest BCUT2D eigenvalue weighted by molar-refractivity contribution is 5.85. The van der Waals surface area contributed by atoms with Gasteiger partial charge in [0.05, 0.1) is 6.61 Å². The fraction of sp³-hybridized carbons (Fsp3) is 0.583. The van der Waals surface area contributed by atoms with E-state index in [1.165, 1.54) is 0 Å². The number of aromatic nitrogens is 1. The van der Waals surface area contributed by atoms with Crippen molar-refractivity contribution < 1.29 is 4.74 Å². The van der Waals surface area contributed by atoms with Crippen LogP contribution in [0.25, 0.3) is 0 Å². The first kappa shape index (κ1) is 17.3. The molecule has 1 aliphatic rings. The van der Waals surface area contributed by atoms with Gasteiger partial charge in [0, 0.05) is 25.2 Å². The maximum atomic E-state index is 5.88. The summed E-state index contributed by atoms with van der Waals surface area (Å²) in [5, 5.41) is 0. The summed E-state index contributed by atoms with van der Waals surface area (Å²) >= 11 is 0. The Morgan fingerprint density at radius 2 is 2.00 bits per heavy atom. The second kappa shape index (κ2) is 8.40. The fourth-order valence-electron chi connectivity index (χ4n) is 1.94. The minimum absolute atomic E-state index is 0. The number of hydrogen-bond donors (Lipinski definition) is 1. The van der Waals surface area contributed by atoms with Crippen LogP contribution in [-0.4, -0.2) is 30.7 Å². The fourth-order valence-corrected chi connectivity index (χ4v) is 1.94. The van der Waals surface area contributed by atoms with Crippen LogP contribution in [0.4, 0.5) is 5.82 Å². The molecule has 1 fully saturated rings. The molecule has 1 aromatic heterocycles. The summed E-state index contributed by atoms with van der Waals surface area (Å²) in [7, 11) is 0. The van der Waals surface area contributed by atoms with Crippen molar-refractivity contribution in [1.29, 1.82) is 0 Å². The van der Waals surface area contributed by atoms with E-state index in [2.05, 4.69) is 9.88 Å². The van der Waals surface area contributed by atoms with Gasteiger partial charge in [-0.2, -0.15) is 4.98 Å². The molecular weight excluding hydrogens is 273 g/mol. The number of hydrogen-bond acceptors (Lipinski definition) is 4. The van der Waals surface area contributed by atoms with Gasteiger partial charge in [-0.05, 0) is 25.8 Å². The lowest BCUT2D eigenvalue weighted by Crippen LogP contribution is -2.40. The minimum Gasteiger partial charge on any atom is -0.478 e. The van der Waals surface area contributed by atoms with E-state index in [4.69, 9.17) is 10.5 Å². The number of ether oxygens (including phenoxy) is 1. The maximum absolute atomic E-state index is 5.88. The van der Waals surface area contributed by atoms with Crippen molar-refractivity contribution in [2.24, 2.45) is 5.73 Å². The Balaban J connectivity index is 0.00000144. The molecule has 0 atom stereocenters. The molecule has 0 amide bonds. The molecular formula is C12H21Cl2N3O. The zero-order valence-corrected chi connectivity index (χ0v) is 12.2. The molecule has 1 aliphatic heterocycles. The van der Waals surface area contributed by atoms with Crippen LogP contribution in [0.3, 0.4) is 0 Å². The van der Waals surface area contributed by atoms with E-state index in [0.29, 0.717) is 18.5 Å². The van der Waals surface area contributed by atoms with E-state index < -0.39 is 0 Å². The summed E-state index contributed by atoms with van der Waals surface area (Å²) in [6, 6.07) is 6.26. The average molecular weight is 294 g/mol. The van der Waals surface area contributed by atoms with Crippen LogP contribution in [0.1, 0.15) is 19.8 Å². The SMILES string of the molecule is CCOc1cccc(N2CCC(N)CC2)n1.Cl.Cl. The molecule has 2 heterocycles. The number of anilines is 1. The van der Waals surface area contributed by atoms with Crippen molar-refractivity contribution in [3.63, 3.8) is 0 Å². The molecule has 0 radical (unpaired) electrons. The first-order valence-corrected chi connectivity index (χ1v) is 5.90. The highest BCUT2D eigenvalue weighted by Gasteiger charge is 2.17. The average Bonchev–Trinajstić information content (AvgIpc) is 2.31. The van der Waals surface area contributed by atoms with E-state index in [-0.39, 0.29) is 24.8 Å². The van der Waals surface area contributed by atoms with Gasteiger partial charge >= 0.3 is 0 Å². The zero-order valence-electron chi connectivity index (χ0n) is 10.5. The molecule has 0 aliphatic carbocycles. The predicted molar refractivity (Wildman–Crippen MR) is 79.3 cm³/mol. The highest BCUT2D eigenvalue weighted by atomic mass is 35.5. The lowest BCUT2D eigenvalue weighted by molar-refractivity contribution is 0.326. The Morgan fingerprint density at radius 1 is 1.33 bits per heavy atom. The number of piperidine rings is 1. The van der Waals surface area contributed by atoms with Gasteiger partial charge in [-0.15, -0.1) is 24.8 Å². The summed E-state index contributed by atoms with van der Waals surface area (Å²) in [4.78, 5) is 6.74. The van der Waals surface area contributed by atoms with Crippen molar-refractivity contribution in [1.82, 2.24) is 4.98 Å². The molecule has 18 heavy (non-hydrogen) atoms. The molecule has 2 rings (SSSR count). The Bertz CT molecular complexity index is 344. The monoisotopic (exact) mass is 293 g/mol. The van der Waals surface area contributed by atoms with Gasteiger partial charge in [0.2, 0.25) is 5.88 Å². The third-order valence-electron chi connectivity index (χ3n) is 2.86. The second-order valence-electron chi connectivity index (χ2n) is 4.09. The third kappa shape index (κ3) is 4.52. The van der Waals surface area contributed by atoms with Gasteiger partial charge in [0.15, 0.2) is 0 Å². The van der Waals surface area contributed by atoms with E-state index in [1.54, 1.807) is 0 Å². The number of pyridine rings is 1. The van der Waals surface area contributed by atoms with Crippen molar-refractivity contribution in [3.8, 4) is 5.88 Å². The first-order valence-electron chi connectivity index (χ1n) is 5.90. The molecule has 2 N–H and O–H groups in total. The topological polar surface area (TPSA) is 51.4 Å². The van der Waals surface area contributed by atoms with Crippen LogP contribution < -0.4 is 15.4 Å². The van der Waals surface area contributed by atoms with E-state index in [1.807, 2.05) is 25.1 Å². The van der Waals surface area contributed by atoms with Gasteiger partial charge in [-0.25, -0.2) is 0 Å². The smallest absolute Gasteiger partial charge is 0.215 e. The van der Waals surface area contributed by atoms with Crippen LogP contribution in [0, 0.1) is 0 Å². The summed E-state index contributed by atoms with van der Waals surface area (Å²) < 4.78 is 5.40. The van der Waals surface area contributed by atoms with E-state index in [9.17, 15) is 0 Å². The van der Waals surface area contributed by atoms with Gasteiger partial charge in [-0.1, -0.05) is 6.07 Å². The number of halogens is 2. The largest absolute Gasteiger partial charge is 0.478 e. The number of nitrogens with two attached hydrogens (primary N) is 1. The van der Waals surface area contributed by atoms with E-state index >= 15 is 0 Å². The van der Waals surface area contributed by atoms with Crippen LogP contribution in [0.15, 0.2) is 18.2 Å². The first-order chi connectivity index (χ1) is 7.79. The molecule has 0 unspecified atom stereocenters. The van der Waals surface area contributed by atoms with Crippen molar-refractivity contribution >= 4 is 30.6 Å². The molecule has 0 aromatic carbocycles. The van der Waals surface area contributed by atoms with Gasteiger partial charge in [0.1, 0.15) is 5.82 Å². The van der Waals surface area contributed by atoms with Crippen LogP contribution in [-0.2, 0) is 0 Å². The second-order valence-corrected chi connectivity index (χ2v) is 4.09. The van der Waals surface area contributed by atoms with Gasteiger partial charge < -0.3 is 15.4 Å². The number of rotatable bonds is 3. The summed E-state index contributed by atoms with van der Waals surface area (Å²) in [6.07, 6.45) is 2.08. The van der Waals surface area contributed by atoms with Crippen molar-refractivity contribution in [2.75, 3.05) is 24.6 Å². The molecule has 1 saturated heterocycles. The van der Waals surface area contributed by atoms with Crippen molar-refractivity contribution in [2.45, 2.75) is 25.8 Å². The normalized spacial score (nSPS) is 15.6. The molecule has 0 saturated carbocycles. The third-order valence-corrected chi connectivity index (χ3v) is 2.86. The molecule has 6 heteroatoms. The highest BCUT2D eigenvalue weighted by Crippen LogP contribution is 2.19.